The number of anilines is 2. The summed E-state index contributed by atoms with van der Waals surface area (Å²) in [7, 11) is 0. The third-order valence-electron chi connectivity index (χ3n) is 4.49. The highest BCUT2D eigenvalue weighted by Gasteiger charge is 2.30. The maximum Gasteiger partial charge on any atom is 0.321 e. The fourth-order valence-electron chi connectivity index (χ4n) is 3.10. The van der Waals surface area contributed by atoms with E-state index in [0.29, 0.717) is 36.8 Å². The van der Waals surface area contributed by atoms with Gasteiger partial charge < -0.3 is 25.0 Å². The van der Waals surface area contributed by atoms with Crippen LogP contribution in [0, 0.1) is 5.92 Å². The number of hydrogen-bond donors (Lipinski definition) is 2. The average molecular weight is 361 g/mol. The number of rotatable bonds is 3. The van der Waals surface area contributed by atoms with Crippen LogP contribution in [-0.4, -0.2) is 48.6 Å². The van der Waals surface area contributed by atoms with E-state index in [1.165, 1.54) is 0 Å². The molecule has 140 valence electrons. The van der Waals surface area contributed by atoms with Gasteiger partial charge in [0.1, 0.15) is 5.75 Å². The van der Waals surface area contributed by atoms with Crippen LogP contribution in [0.15, 0.2) is 18.2 Å². The van der Waals surface area contributed by atoms with Crippen LogP contribution in [0.4, 0.5) is 16.2 Å². The highest BCUT2D eigenvalue weighted by atomic mass is 16.5. The summed E-state index contributed by atoms with van der Waals surface area (Å²) in [5.41, 5.74) is 1.07. The maximum atomic E-state index is 12.5. The predicted molar refractivity (Wildman–Crippen MR) is 95.1 cm³/mol. The minimum atomic E-state index is -0.545. The Morgan fingerprint density at radius 2 is 2.23 bits per heavy atom. The highest BCUT2D eigenvalue weighted by Crippen LogP contribution is 2.32. The minimum absolute atomic E-state index is 0.228. The molecule has 2 atom stereocenters. The van der Waals surface area contributed by atoms with Gasteiger partial charge >= 0.3 is 12.0 Å². The molecular weight excluding hydrogens is 338 g/mol. The Hall–Kier alpha value is -2.77. The quantitative estimate of drug-likeness (QED) is 0.805. The Kier molecular flexibility index (Phi) is 5.29. The second-order valence-corrected chi connectivity index (χ2v) is 6.43. The summed E-state index contributed by atoms with van der Waals surface area (Å²) in [6, 6.07) is 4.80. The monoisotopic (exact) mass is 361 g/mol. The number of likely N-dealkylation sites (tertiary alicyclic amines) is 1. The van der Waals surface area contributed by atoms with Crippen LogP contribution in [0.2, 0.25) is 0 Å². The van der Waals surface area contributed by atoms with E-state index >= 15 is 0 Å². The van der Waals surface area contributed by atoms with Crippen LogP contribution in [0.25, 0.3) is 0 Å². The van der Waals surface area contributed by atoms with Crippen LogP contribution in [-0.2, 0) is 14.3 Å². The van der Waals surface area contributed by atoms with E-state index < -0.39 is 6.10 Å². The Morgan fingerprint density at radius 1 is 1.42 bits per heavy atom. The number of esters is 1. The number of amides is 3. The molecule has 0 spiro atoms. The van der Waals surface area contributed by atoms with Crippen molar-refractivity contribution < 1.29 is 23.9 Å². The van der Waals surface area contributed by atoms with Gasteiger partial charge in [-0.2, -0.15) is 0 Å². The summed E-state index contributed by atoms with van der Waals surface area (Å²) < 4.78 is 10.6. The molecule has 1 saturated heterocycles. The lowest BCUT2D eigenvalue weighted by Crippen LogP contribution is -2.44. The number of nitrogens with one attached hydrogen (secondary N) is 2. The largest absolute Gasteiger partial charge is 0.479 e. The summed E-state index contributed by atoms with van der Waals surface area (Å²) >= 11 is 0. The van der Waals surface area contributed by atoms with Crippen LogP contribution in [0.1, 0.15) is 26.7 Å². The molecule has 26 heavy (non-hydrogen) atoms. The number of hydrogen-bond acceptors (Lipinski definition) is 5. The molecule has 3 amide bonds. The molecule has 2 aliphatic heterocycles. The number of benzene rings is 1. The van der Waals surface area contributed by atoms with Crippen LogP contribution in [0.3, 0.4) is 0 Å². The summed E-state index contributed by atoms with van der Waals surface area (Å²) in [6.07, 6.45) is 0.933. The van der Waals surface area contributed by atoms with Gasteiger partial charge in [0.05, 0.1) is 18.2 Å². The predicted octanol–water partition coefficient (Wildman–Crippen LogP) is 2.21. The van der Waals surface area contributed by atoms with Gasteiger partial charge in [-0.15, -0.1) is 0 Å². The van der Waals surface area contributed by atoms with Gasteiger partial charge in [0.2, 0.25) is 0 Å². The van der Waals surface area contributed by atoms with E-state index in [1.807, 2.05) is 0 Å². The molecule has 0 aromatic heterocycles. The van der Waals surface area contributed by atoms with Crippen LogP contribution >= 0.6 is 0 Å². The summed E-state index contributed by atoms with van der Waals surface area (Å²) in [4.78, 5) is 37.8. The number of urea groups is 1. The molecule has 1 aromatic rings. The van der Waals surface area contributed by atoms with E-state index in [9.17, 15) is 14.4 Å². The molecule has 0 radical (unpaired) electrons. The summed E-state index contributed by atoms with van der Waals surface area (Å²) in [5, 5.41) is 5.56. The third-order valence-corrected chi connectivity index (χ3v) is 4.49. The lowest BCUT2D eigenvalue weighted by atomic mass is 9.98. The molecule has 3 rings (SSSR count). The Morgan fingerprint density at radius 3 is 3.00 bits per heavy atom. The summed E-state index contributed by atoms with van der Waals surface area (Å²) in [6.45, 7) is 4.70. The molecule has 2 heterocycles. The zero-order valence-corrected chi connectivity index (χ0v) is 14.9. The number of piperidine rings is 1. The molecule has 0 saturated carbocycles. The zero-order chi connectivity index (χ0) is 18.7. The molecule has 1 aromatic carbocycles. The molecule has 0 aliphatic carbocycles. The Balaban J connectivity index is 1.64. The molecular formula is C18H23N3O5. The van der Waals surface area contributed by atoms with Crippen LogP contribution < -0.4 is 15.4 Å². The van der Waals surface area contributed by atoms with E-state index in [0.717, 1.165) is 12.8 Å². The van der Waals surface area contributed by atoms with Gasteiger partial charge in [-0.1, -0.05) is 0 Å². The van der Waals surface area contributed by atoms with E-state index in [2.05, 4.69) is 10.6 Å². The first-order valence-corrected chi connectivity index (χ1v) is 8.82. The van der Waals surface area contributed by atoms with E-state index in [-0.39, 0.29) is 23.8 Å². The fraction of sp³-hybridized carbons (Fsp3) is 0.500. The highest BCUT2D eigenvalue weighted by molar-refractivity contribution is 5.99. The van der Waals surface area contributed by atoms with E-state index in [1.54, 1.807) is 36.9 Å². The normalized spacial score (nSPS) is 21.9. The van der Waals surface area contributed by atoms with Crippen molar-refractivity contribution in [3.05, 3.63) is 18.2 Å². The fourth-order valence-corrected chi connectivity index (χ4v) is 3.10. The molecule has 2 aliphatic rings. The standard InChI is InChI=1S/C18H23N3O5/c1-3-25-17(23)12-5-4-8-21(10-12)18(24)19-13-6-7-15-14(9-13)20-16(22)11(2)26-15/h6-7,9,11-12H,3-5,8,10H2,1-2H3,(H,19,24)(H,20,22)/t11-,12+/m0/s1. The topological polar surface area (TPSA) is 97.0 Å². The van der Waals surface area contributed by atoms with Gasteiger partial charge in [-0.05, 0) is 44.9 Å². The third kappa shape index (κ3) is 3.89. The first kappa shape index (κ1) is 18.0. The first-order chi connectivity index (χ1) is 12.5. The van der Waals surface area contributed by atoms with Gasteiger partial charge in [-0.25, -0.2) is 4.79 Å². The van der Waals surface area contributed by atoms with E-state index in [4.69, 9.17) is 9.47 Å². The SMILES string of the molecule is CCOC(=O)[C@@H]1CCCN(C(=O)Nc2ccc3c(c2)NC(=O)[C@H](C)O3)C1. The van der Waals surface area contributed by atoms with Crippen LogP contribution in [0.5, 0.6) is 5.75 Å². The second kappa shape index (κ2) is 7.63. The smallest absolute Gasteiger partial charge is 0.321 e. The Bertz CT molecular complexity index is 721. The van der Waals surface area contributed by atoms with Gasteiger partial charge in [0.25, 0.3) is 5.91 Å². The van der Waals surface area contributed by atoms with Gasteiger partial charge in [0.15, 0.2) is 6.10 Å². The van der Waals surface area contributed by atoms with Crippen molar-refractivity contribution in [2.75, 3.05) is 30.3 Å². The summed E-state index contributed by atoms with van der Waals surface area (Å²) in [5.74, 6) is -0.204. The van der Waals surface area contributed by atoms with Crippen molar-refractivity contribution in [1.29, 1.82) is 0 Å². The number of fused-ring (bicyclic) bond motifs is 1. The van der Waals surface area contributed by atoms with Crippen molar-refractivity contribution >= 4 is 29.3 Å². The number of ether oxygens (including phenoxy) is 2. The molecule has 8 nitrogen and oxygen atoms in total. The van der Waals surface area contributed by atoms with Crippen molar-refractivity contribution in [2.24, 2.45) is 5.92 Å². The number of carbonyl (C=O) groups is 3. The lowest BCUT2D eigenvalue weighted by Gasteiger charge is -2.31. The zero-order valence-electron chi connectivity index (χ0n) is 14.9. The number of carbonyl (C=O) groups excluding carboxylic acids is 3. The molecule has 2 N–H and O–H groups in total. The Labute approximate surface area is 151 Å². The maximum absolute atomic E-state index is 12.5. The number of nitrogens with zero attached hydrogens (tertiary/aromatic N) is 1. The molecule has 8 heteroatoms. The van der Waals surface area contributed by atoms with Crippen molar-refractivity contribution in [1.82, 2.24) is 4.90 Å². The minimum Gasteiger partial charge on any atom is -0.479 e. The van der Waals surface area contributed by atoms with Gasteiger partial charge in [-0.3, -0.25) is 9.59 Å². The lowest BCUT2D eigenvalue weighted by molar-refractivity contribution is -0.149. The van der Waals surface area contributed by atoms with Crippen molar-refractivity contribution in [3.8, 4) is 5.75 Å². The average Bonchev–Trinajstić information content (AvgIpc) is 2.63. The molecule has 0 bridgehead atoms. The molecule has 1 fully saturated rings. The van der Waals surface area contributed by atoms with Crippen molar-refractivity contribution in [3.63, 3.8) is 0 Å². The second-order valence-electron chi connectivity index (χ2n) is 6.43. The van der Waals surface area contributed by atoms with Gasteiger partial charge in [0, 0.05) is 18.8 Å². The first-order valence-electron chi connectivity index (χ1n) is 8.82. The van der Waals surface area contributed by atoms with Crippen molar-refractivity contribution in [2.45, 2.75) is 32.8 Å². The molecule has 0 unspecified atom stereocenters.